The van der Waals surface area contributed by atoms with Gasteiger partial charge in [0.25, 0.3) is 5.91 Å². The van der Waals surface area contributed by atoms with E-state index in [2.05, 4.69) is 78.1 Å². The van der Waals surface area contributed by atoms with Gasteiger partial charge in [-0.25, -0.2) is 37.9 Å². The number of sulfone groups is 1. The molecule has 0 unspecified atom stereocenters. The Morgan fingerprint density at radius 2 is 1.43 bits per heavy atom. The van der Waals surface area contributed by atoms with Crippen LogP contribution in [0, 0.1) is 13.8 Å². The molecule has 8 rings (SSSR count). The van der Waals surface area contributed by atoms with E-state index in [9.17, 15) is 22.8 Å². The number of piperazine rings is 3. The summed E-state index contributed by atoms with van der Waals surface area (Å²) in [5, 5.41) is 8.04. The minimum atomic E-state index is -3.94. The molecule has 0 aliphatic carbocycles. The fraction of sp³-hybridized carbons (Fsp3) is 0.579. The number of hydrogen-bond donors (Lipinski definition) is 1. The second kappa shape index (κ2) is 23.7. The maximum absolute atomic E-state index is 14.2. The number of nitrogens with one attached hydrogen (secondary N) is 1. The van der Waals surface area contributed by atoms with E-state index >= 15 is 0 Å². The Morgan fingerprint density at radius 3 is 2.08 bits per heavy atom. The van der Waals surface area contributed by atoms with Gasteiger partial charge in [0.2, 0.25) is 5.95 Å². The first kappa shape index (κ1) is 58.7. The van der Waals surface area contributed by atoms with Crippen molar-refractivity contribution in [3.8, 4) is 5.75 Å². The van der Waals surface area contributed by atoms with Gasteiger partial charge in [-0.3, -0.25) is 19.5 Å². The highest BCUT2D eigenvalue weighted by atomic mass is 32.2. The average molecular weight is 1110 g/mol. The zero-order valence-electron chi connectivity index (χ0n) is 48.4. The predicted molar refractivity (Wildman–Crippen MR) is 304 cm³/mol. The van der Waals surface area contributed by atoms with E-state index in [4.69, 9.17) is 24.2 Å². The Labute approximate surface area is 465 Å². The largest absolute Gasteiger partial charge is 0.492 e. The standard InChI is InChI=1S/C57H81N13O8S/c1-38-32-67(26-25-66(38)35-44-36-69(53(72)77-55(5,6)7)39(2)33-68(44)34-42-18-15-14-16-19-42)52-58-30-43(31-59-52)51(71)65-23-21-64(22-24-65)20-17-27-76-47-29-46-45(28-48(47)79(74,75)57(11,12)13)49(61-37-60-46)62-50-40(3)41(4)63-70(50)54(73)78-56(8,9)10/h14-16,18-19,28-31,37-39,44H,17,20-27,32-36H2,1-13H3,(H,60,61,62)/t38-,39-,44+/m1/s1. The second-order valence-electron chi connectivity index (χ2n) is 24.2. The van der Waals surface area contributed by atoms with Crippen LogP contribution >= 0.6 is 0 Å². The van der Waals surface area contributed by atoms with E-state index in [1.165, 1.54) is 18.0 Å². The molecule has 79 heavy (non-hydrogen) atoms. The summed E-state index contributed by atoms with van der Waals surface area (Å²) in [6.07, 6.45) is 4.29. The Balaban J connectivity index is 0.840. The first-order valence-corrected chi connectivity index (χ1v) is 29.0. The second-order valence-corrected chi connectivity index (χ2v) is 26.8. The molecule has 3 aromatic heterocycles. The lowest BCUT2D eigenvalue weighted by Gasteiger charge is -2.48. The minimum absolute atomic E-state index is 0.00191. The van der Waals surface area contributed by atoms with Crippen molar-refractivity contribution in [1.29, 1.82) is 0 Å². The summed E-state index contributed by atoms with van der Waals surface area (Å²) in [7, 11) is -3.94. The van der Waals surface area contributed by atoms with Crippen molar-refractivity contribution in [2.24, 2.45) is 0 Å². The van der Waals surface area contributed by atoms with Gasteiger partial charge in [0.1, 0.15) is 39.8 Å². The number of hydrogen-bond acceptors (Lipinski definition) is 18. The number of benzene rings is 2. The van der Waals surface area contributed by atoms with E-state index < -0.39 is 31.9 Å². The van der Waals surface area contributed by atoms with Crippen LogP contribution in [0.2, 0.25) is 0 Å². The Bertz CT molecular complexity index is 3070. The van der Waals surface area contributed by atoms with Gasteiger partial charge in [-0.05, 0) is 108 Å². The number of fused-ring (bicyclic) bond motifs is 1. The highest BCUT2D eigenvalue weighted by Gasteiger charge is 2.39. The number of carbonyl (C=O) groups excluding carboxylic acids is 3. The van der Waals surface area contributed by atoms with Crippen LogP contribution in [0.3, 0.4) is 0 Å². The Morgan fingerprint density at radius 1 is 0.759 bits per heavy atom. The highest BCUT2D eigenvalue weighted by molar-refractivity contribution is 7.92. The number of aromatic nitrogens is 6. The van der Waals surface area contributed by atoms with Gasteiger partial charge in [-0.2, -0.15) is 5.10 Å². The summed E-state index contributed by atoms with van der Waals surface area (Å²) in [6, 6.07) is 14.0. The number of carbonyl (C=O) groups is 3. The minimum Gasteiger partial charge on any atom is -0.492 e. The van der Waals surface area contributed by atoms with Crippen LogP contribution in [0.1, 0.15) is 110 Å². The van der Waals surface area contributed by atoms with Crippen molar-refractivity contribution < 1.29 is 37.0 Å². The maximum Gasteiger partial charge on any atom is 0.437 e. The third-order valence-corrected chi connectivity index (χ3v) is 17.2. The number of ether oxygens (including phenoxy) is 3. The molecule has 21 nitrogen and oxygen atoms in total. The summed E-state index contributed by atoms with van der Waals surface area (Å²) in [4.78, 5) is 71.9. The lowest BCUT2D eigenvalue weighted by atomic mass is 10.0. The van der Waals surface area contributed by atoms with Crippen molar-refractivity contribution in [2.75, 3.05) is 88.8 Å². The maximum atomic E-state index is 14.2. The molecule has 3 saturated heterocycles. The lowest BCUT2D eigenvalue weighted by Crippen LogP contribution is -2.63. The Hall–Kier alpha value is -6.49. The van der Waals surface area contributed by atoms with Crippen molar-refractivity contribution in [3.63, 3.8) is 0 Å². The summed E-state index contributed by atoms with van der Waals surface area (Å²) >= 11 is 0. The molecule has 22 heteroatoms. The normalized spacial score (nSPS) is 19.4. The fourth-order valence-electron chi connectivity index (χ4n) is 10.1. The quantitative estimate of drug-likeness (QED) is 0.106. The summed E-state index contributed by atoms with van der Waals surface area (Å²) in [6.45, 7) is 32.3. The molecule has 3 fully saturated rings. The molecule has 0 radical (unpaired) electrons. The molecule has 0 saturated carbocycles. The van der Waals surface area contributed by atoms with Crippen LogP contribution in [-0.2, 0) is 25.9 Å². The van der Waals surface area contributed by atoms with E-state index in [1.807, 2.05) is 43.6 Å². The predicted octanol–water partition coefficient (Wildman–Crippen LogP) is 7.58. The molecule has 5 aromatic rings. The summed E-state index contributed by atoms with van der Waals surface area (Å²) < 4.78 is 46.1. The Kier molecular flexibility index (Phi) is 17.6. The fourth-order valence-corrected chi connectivity index (χ4v) is 11.4. The smallest absolute Gasteiger partial charge is 0.437 e. The van der Waals surface area contributed by atoms with E-state index in [0.717, 1.165) is 44.0 Å². The van der Waals surface area contributed by atoms with Crippen LogP contribution in [0.15, 0.2) is 66.1 Å². The molecule has 3 atom stereocenters. The summed E-state index contributed by atoms with van der Waals surface area (Å²) in [5.41, 5.74) is 2.08. The molecule has 2 aromatic carbocycles. The van der Waals surface area contributed by atoms with E-state index in [0.29, 0.717) is 85.2 Å². The van der Waals surface area contributed by atoms with Gasteiger partial charge >= 0.3 is 12.2 Å². The molecule has 6 heterocycles. The summed E-state index contributed by atoms with van der Waals surface area (Å²) in [5.74, 6) is 1.28. The zero-order valence-corrected chi connectivity index (χ0v) is 49.3. The molecular formula is C57H81N13O8S. The molecule has 3 aliphatic heterocycles. The molecular weight excluding hydrogens is 1030 g/mol. The van der Waals surface area contributed by atoms with Crippen LogP contribution < -0.4 is 15.0 Å². The van der Waals surface area contributed by atoms with Gasteiger partial charge in [0.05, 0.1) is 28.1 Å². The van der Waals surface area contributed by atoms with Crippen molar-refractivity contribution in [1.82, 2.24) is 54.2 Å². The average Bonchev–Trinajstić information content (AvgIpc) is 3.82. The molecule has 0 spiro atoms. The third kappa shape index (κ3) is 14.1. The first-order valence-electron chi connectivity index (χ1n) is 27.5. The van der Waals surface area contributed by atoms with Gasteiger partial charge < -0.3 is 34.2 Å². The number of anilines is 3. The van der Waals surface area contributed by atoms with Crippen LogP contribution in [0.25, 0.3) is 10.9 Å². The van der Waals surface area contributed by atoms with Crippen LogP contribution in [-0.4, -0.2) is 193 Å². The lowest BCUT2D eigenvalue weighted by molar-refractivity contribution is -0.0227. The molecule has 0 bridgehead atoms. The number of amides is 2. The molecule has 2 amide bonds. The first-order chi connectivity index (χ1) is 37.2. The molecule has 1 N–H and O–H groups in total. The van der Waals surface area contributed by atoms with Gasteiger partial charge in [-0.15, -0.1) is 4.68 Å². The van der Waals surface area contributed by atoms with Crippen LogP contribution in [0.5, 0.6) is 5.75 Å². The SMILES string of the molecule is Cc1nn(C(=O)OC(C)(C)C)c(Nc2ncnc3cc(OCCCN4CCN(C(=O)c5cnc(N6CCN(C[C@H]7CN(C(=O)OC(C)(C)C)[C@H](C)CN7Cc7ccccc7)[C@H](C)C6)nc5)CC4)c(S(=O)(=O)C(C)(C)C)cc23)c1C. The topological polar surface area (TPSA) is 214 Å². The highest BCUT2D eigenvalue weighted by Crippen LogP contribution is 2.38. The number of nitrogens with zero attached hydrogens (tertiary/aromatic N) is 12. The van der Waals surface area contributed by atoms with Gasteiger partial charge in [0.15, 0.2) is 9.84 Å². The third-order valence-electron chi connectivity index (χ3n) is 14.7. The van der Waals surface area contributed by atoms with Crippen LogP contribution in [0.4, 0.5) is 27.2 Å². The van der Waals surface area contributed by atoms with E-state index in [-0.39, 0.29) is 53.2 Å². The molecule has 428 valence electrons. The number of rotatable bonds is 14. The van der Waals surface area contributed by atoms with Gasteiger partial charge in [-0.1, -0.05) is 30.3 Å². The van der Waals surface area contributed by atoms with Crippen molar-refractivity contribution >= 4 is 56.4 Å². The van der Waals surface area contributed by atoms with Gasteiger partial charge in [0, 0.05) is 126 Å². The molecule has 3 aliphatic rings. The zero-order chi connectivity index (χ0) is 57.2. The van der Waals surface area contributed by atoms with Crippen molar-refractivity contribution in [3.05, 3.63) is 83.6 Å². The number of aryl methyl sites for hydroxylation is 1. The van der Waals surface area contributed by atoms with E-state index in [1.54, 1.807) is 66.9 Å². The van der Waals surface area contributed by atoms with Crippen molar-refractivity contribution in [2.45, 2.75) is 142 Å². The monoisotopic (exact) mass is 1110 g/mol.